The van der Waals surface area contributed by atoms with Crippen LogP contribution in [0.5, 0.6) is 11.5 Å². The fraction of sp³-hybridized carbons (Fsp3) is 0.108. The molecule has 224 valence electrons. The number of carbonyl (C=O) groups excluding carboxylic acids is 3. The van der Waals surface area contributed by atoms with E-state index in [1.54, 1.807) is 54.6 Å². The van der Waals surface area contributed by atoms with E-state index in [0.29, 0.717) is 52.1 Å². The summed E-state index contributed by atoms with van der Waals surface area (Å²) in [5.41, 5.74) is 3.02. The second kappa shape index (κ2) is 12.7. The fourth-order valence-corrected chi connectivity index (χ4v) is 5.30. The van der Waals surface area contributed by atoms with Gasteiger partial charge < -0.3 is 9.47 Å². The van der Waals surface area contributed by atoms with Gasteiger partial charge in [-0.3, -0.25) is 9.59 Å². The molecule has 0 atom stereocenters. The van der Waals surface area contributed by atoms with Crippen LogP contribution < -0.4 is 19.3 Å². The maximum absolute atomic E-state index is 14.1. The molecule has 0 bridgehead atoms. The summed E-state index contributed by atoms with van der Waals surface area (Å²) in [5.74, 6) is -0.477. The lowest BCUT2D eigenvalue weighted by Gasteiger charge is -2.34. The van der Waals surface area contributed by atoms with Crippen molar-refractivity contribution in [2.75, 3.05) is 16.4 Å². The first-order valence-corrected chi connectivity index (χ1v) is 14.8. The normalized spacial score (nSPS) is 14.4. The monoisotopic (exact) mass is 616 g/mol. The molecule has 1 heterocycles. The van der Waals surface area contributed by atoms with Gasteiger partial charge in [0.05, 0.1) is 18.0 Å². The second-order valence-electron chi connectivity index (χ2n) is 10.5. The number of anilines is 2. The van der Waals surface area contributed by atoms with E-state index in [1.807, 2.05) is 68.4 Å². The molecule has 1 fully saturated rings. The van der Waals surface area contributed by atoms with Gasteiger partial charge >= 0.3 is 6.03 Å². The summed E-state index contributed by atoms with van der Waals surface area (Å²) >= 11 is 6.00. The minimum Gasteiger partial charge on any atom is -0.490 e. The number of rotatable bonds is 8. The molecule has 5 aromatic rings. The van der Waals surface area contributed by atoms with Gasteiger partial charge in [0, 0.05) is 10.4 Å². The number of benzene rings is 5. The summed E-state index contributed by atoms with van der Waals surface area (Å²) in [5, 5.41) is 2.20. The number of ether oxygens (including phenoxy) is 2. The van der Waals surface area contributed by atoms with Crippen molar-refractivity contribution >= 4 is 57.7 Å². The molecular weight excluding hydrogens is 588 g/mol. The minimum absolute atomic E-state index is 0.166. The highest BCUT2D eigenvalue weighted by atomic mass is 35.5. The predicted molar refractivity (Wildman–Crippen MR) is 177 cm³/mol. The van der Waals surface area contributed by atoms with Crippen LogP contribution in [0, 0.1) is 6.92 Å². The largest absolute Gasteiger partial charge is 0.490 e. The number of halogens is 1. The van der Waals surface area contributed by atoms with E-state index in [4.69, 9.17) is 21.1 Å². The number of hydrogen-bond acceptors (Lipinski definition) is 5. The van der Waals surface area contributed by atoms with E-state index in [2.05, 4.69) is 0 Å². The van der Waals surface area contributed by atoms with E-state index in [0.717, 1.165) is 26.3 Å². The zero-order valence-corrected chi connectivity index (χ0v) is 25.5. The van der Waals surface area contributed by atoms with Gasteiger partial charge in [-0.2, -0.15) is 0 Å². The van der Waals surface area contributed by atoms with Crippen molar-refractivity contribution in [2.45, 2.75) is 20.5 Å². The van der Waals surface area contributed by atoms with E-state index >= 15 is 0 Å². The Balaban J connectivity index is 1.41. The number of barbiturate groups is 1. The number of hydrogen-bond donors (Lipinski definition) is 0. The van der Waals surface area contributed by atoms with Crippen molar-refractivity contribution in [2.24, 2.45) is 0 Å². The third kappa shape index (κ3) is 6.03. The van der Waals surface area contributed by atoms with Crippen molar-refractivity contribution in [3.05, 3.63) is 136 Å². The molecule has 1 aliphatic heterocycles. The van der Waals surface area contributed by atoms with Crippen molar-refractivity contribution in [1.29, 1.82) is 0 Å². The average Bonchev–Trinajstić information content (AvgIpc) is 3.04. The fourth-order valence-electron chi connectivity index (χ4n) is 5.18. The number of carbonyl (C=O) groups is 3. The Kier molecular flexibility index (Phi) is 8.36. The van der Waals surface area contributed by atoms with Crippen LogP contribution in [0.25, 0.3) is 16.8 Å². The molecule has 0 unspecified atom stereocenters. The van der Waals surface area contributed by atoms with Crippen molar-refractivity contribution in [1.82, 2.24) is 0 Å². The molecule has 1 aliphatic rings. The van der Waals surface area contributed by atoms with Crippen LogP contribution in [-0.4, -0.2) is 24.5 Å². The Labute approximate surface area is 265 Å². The van der Waals surface area contributed by atoms with Gasteiger partial charge in [0.1, 0.15) is 12.2 Å². The molecule has 45 heavy (non-hydrogen) atoms. The summed E-state index contributed by atoms with van der Waals surface area (Å²) in [4.78, 5) is 44.2. The lowest BCUT2D eigenvalue weighted by molar-refractivity contribution is -0.121. The van der Waals surface area contributed by atoms with Crippen molar-refractivity contribution < 1.29 is 23.9 Å². The van der Waals surface area contributed by atoms with E-state index in [9.17, 15) is 14.4 Å². The molecule has 4 amide bonds. The number of imide groups is 2. The molecule has 0 spiro atoms. The number of urea groups is 1. The van der Waals surface area contributed by atoms with Crippen molar-refractivity contribution in [3.63, 3.8) is 0 Å². The topological polar surface area (TPSA) is 76.2 Å². The summed E-state index contributed by atoms with van der Waals surface area (Å²) < 4.78 is 11.9. The van der Waals surface area contributed by atoms with Crippen LogP contribution in [0.4, 0.5) is 16.2 Å². The molecule has 5 aromatic carbocycles. The van der Waals surface area contributed by atoms with E-state index in [-0.39, 0.29) is 5.57 Å². The standard InChI is InChI=1S/C37H29ClN2O5/c1-3-44-34-22-26(15-20-33(34)45-23-25-13-16-28(38)17-14-25)21-31-35(41)39(29-18-11-24(2)12-19-29)37(43)40(36(31)42)32-10-6-8-27-7-4-5-9-30(27)32/h4-22H,3,23H2,1-2H3/b31-21+. The first-order chi connectivity index (χ1) is 21.8. The van der Waals surface area contributed by atoms with Crippen LogP contribution in [0.1, 0.15) is 23.6 Å². The molecular formula is C37H29ClN2O5. The number of aryl methyl sites for hydroxylation is 1. The maximum Gasteiger partial charge on any atom is 0.343 e. The number of nitrogens with zero attached hydrogens (tertiary/aromatic N) is 2. The summed E-state index contributed by atoms with van der Waals surface area (Å²) in [6.07, 6.45) is 1.49. The molecule has 1 saturated heterocycles. The Morgan fingerprint density at radius 1 is 0.733 bits per heavy atom. The quantitative estimate of drug-likeness (QED) is 0.129. The zero-order valence-electron chi connectivity index (χ0n) is 24.7. The molecule has 6 rings (SSSR count). The maximum atomic E-state index is 14.1. The molecule has 0 N–H and O–H groups in total. The van der Waals surface area contributed by atoms with Gasteiger partial charge in [-0.25, -0.2) is 14.6 Å². The van der Waals surface area contributed by atoms with Gasteiger partial charge in [-0.1, -0.05) is 83.9 Å². The first kappa shape index (κ1) is 29.7. The summed E-state index contributed by atoms with van der Waals surface area (Å²) in [6, 6.07) is 31.7. The SMILES string of the molecule is CCOc1cc(/C=C2\C(=O)N(c3ccc(C)cc3)C(=O)N(c3cccc4ccccc34)C2=O)ccc1OCc1ccc(Cl)cc1. The Morgan fingerprint density at radius 2 is 1.44 bits per heavy atom. The van der Waals surface area contributed by atoms with Gasteiger partial charge in [0.15, 0.2) is 11.5 Å². The predicted octanol–water partition coefficient (Wildman–Crippen LogP) is 8.36. The Morgan fingerprint density at radius 3 is 2.20 bits per heavy atom. The Bertz CT molecular complexity index is 1950. The zero-order chi connectivity index (χ0) is 31.5. The average molecular weight is 617 g/mol. The van der Waals surface area contributed by atoms with Crippen LogP contribution in [-0.2, 0) is 16.2 Å². The van der Waals surface area contributed by atoms with Gasteiger partial charge in [0.25, 0.3) is 11.8 Å². The minimum atomic E-state index is -0.747. The van der Waals surface area contributed by atoms with Crippen molar-refractivity contribution in [3.8, 4) is 11.5 Å². The molecule has 0 saturated carbocycles. The second-order valence-corrected chi connectivity index (χ2v) is 10.9. The molecule has 0 aromatic heterocycles. The summed E-state index contributed by atoms with van der Waals surface area (Å²) in [7, 11) is 0. The lowest BCUT2D eigenvalue weighted by atomic mass is 10.0. The molecule has 7 nitrogen and oxygen atoms in total. The molecule has 0 aliphatic carbocycles. The van der Waals surface area contributed by atoms with Crippen LogP contribution in [0.2, 0.25) is 5.02 Å². The highest BCUT2D eigenvalue weighted by Crippen LogP contribution is 2.35. The van der Waals surface area contributed by atoms with E-state index < -0.39 is 17.8 Å². The van der Waals surface area contributed by atoms with Gasteiger partial charge in [-0.15, -0.1) is 0 Å². The molecule has 8 heteroatoms. The van der Waals surface area contributed by atoms with Crippen LogP contribution in [0.15, 0.2) is 115 Å². The van der Waals surface area contributed by atoms with Crippen LogP contribution in [0.3, 0.4) is 0 Å². The first-order valence-electron chi connectivity index (χ1n) is 14.5. The molecule has 0 radical (unpaired) electrons. The highest BCUT2D eigenvalue weighted by Gasteiger charge is 2.44. The third-order valence-electron chi connectivity index (χ3n) is 7.44. The lowest BCUT2D eigenvalue weighted by Crippen LogP contribution is -2.57. The smallest absolute Gasteiger partial charge is 0.343 e. The third-order valence-corrected chi connectivity index (χ3v) is 7.69. The highest BCUT2D eigenvalue weighted by molar-refractivity contribution is 6.46. The Hall–Kier alpha value is -5.40. The van der Waals surface area contributed by atoms with Gasteiger partial charge in [-0.05, 0) is 78.9 Å². The van der Waals surface area contributed by atoms with Gasteiger partial charge in [0.2, 0.25) is 0 Å². The summed E-state index contributed by atoms with van der Waals surface area (Å²) in [6.45, 7) is 4.44. The van der Waals surface area contributed by atoms with Crippen LogP contribution >= 0.6 is 11.6 Å². The number of fused-ring (bicyclic) bond motifs is 1. The number of amides is 4. The van der Waals surface area contributed by atoms with E-state index in [1.165, 1.54) is 6.08 Å².